The molecule has 118 valence electrons. The lowest BCUT2D eigenvalue weighted by Gasteiger charge is -2.39. The summed E-state index contributed by atoms with van der Waals surface area (Å²) >= 11 is 0. The van der Waals surface area contributed by atoms with Gasteiger partial charge in [-0.2, -0.15) is 0 Å². The van der Waals surface area contributed by atoms with Crippen LogP contribution >= 0.6 is 0 Å². The van der Waals surface area contributed by atoms with Gasteiger partial charge in [-0.15, -0.1) is 0 Å². The minimum absolute atomic E-state index is 0.226. The average Bonchev–Trinajstić information content (AvgIpc) is 2.42. The van der Waals surface area contributed by atoms with Crippen LogP contribution in [0.2, 0.25) is 0 Å². The van der Waals surface area contributed by atoms with E-state index in [1.807, 2.05) is 6.92 Å². The first-order valence-corrected chi connectivity index (χ1v) is 7.92. The lowest BCUT2D eigenvalue weighted by atomic mass is 9.73. The molecule has 0 saturated heterocycles. The second kappa shape index (κ2) is 6.54. The van der Waals surface area contributed by atoms with E-state index in [0.717, 1.165) is 18.5 Å². The van der Waals surface area contributed by atoms with Crippen molar-refractivity contribution in [1.29, 1.82) is 0 Å². The van der Waals surface area contributed by atoms with Crippen molar-refractivity contribution in [1.82, 2.24) is 0 Å². The van der Waals surface area contributed by atoms with E-state index < -0.39 is 5.82 Å². The fourth-order valence-corrected chi connectivity index (χ4v) is 2.97. The molecule has 21 heavy (non-hydrogen) atoms. The number of benzene rings is 1. The number of nitrogen functional groups attached to an aromatic ring is 1. The molecule has 0 aromatic heterocycles. The molecule has 0 bridgehead atoms. The SMILES string of the molecule is CCCOc1cc(NC2CCCCC2(C)C)c(N)cc1F. The van der Waals surface area contributed by atoms with Gasteiger partial charge in [0, 0.05) is 18.2 Å². The van der Waals surface area contributed by atoms with Crippen molar-refractivity contribution in [3.8, 4) is 5.75 Å². The maximum atomic E-state index is 13.9. The molecule has 3 nitrogen and oxygen atoms in total. The van der Waals surface area contributed by atoms with Crippen LogP contribution < -0.4 is 15.8 Å². The van der Waals surface area contributed by atoms with Crippen LogP contribution in [0, 0.1) is 11.2 Å². The van der Waals surface area contributed by atoms with Gasteiger partial charge in [-0.3, -0.25) is 0 Å². The molecule has 1 aliphatic rings. The summed E-state index contributed by atoms with van der Waals surface area (Å²) in [4.78, 5) is 0. The van der Waals surface area contributed by atoms with Crippen LogP contribution in [0.3, 0.4) is 0 Å². The number of nitrogens with one attached hydrogen (secondary N) is 1. The number of hydrogen-bond acceptors (Lipinski definition) is 3. The number of halogens is 1. The second-order valence-electron chi connectivity index (χ2n) is 6.65. The number of hydrogen-bond donors (Lipinski definition) is 2. The van der Waals surface area contributed by atoms with Crippen LogP contribution in [-0.2, 0) is 0 Å². The van der Waals surface area contributed by atoms with E-state index in [1.165, 1.54) is 25.3 Å². The Bertz CT molecular complexity index is 488. The maximum absolute atomic E-state index is 13.9. The minimum atomic E-state index is -0.394. The predicted octanol–water partition coefficient (Wildman–Crippen LogP) is 4.58. The first-order chi connectivity index (χ1) is 9.94. The third-order valence-corrected chi connectivity index (χ3v) is 4.40. The van der Waals surface area contributed by atoms with Crippen molar-refractivity contribution in [2.45, 2.75) is 58.9 Å². The smallest absolute Gasteiger partial charge is 0.167 e. The summed E-state index contributed by atoms with van der Waals surface area (Å²) in [6.07, 6.45) is 5.67. The van der Waals surface area contributed by atoms with Crippen LogP contribution in [0.5, 0.6) is 5.75 Å². The largest absolute Gasteiger partial charge is 0.490 e. The molecule has 1 aromatic carbocycles. The summed E-state index contributed by atoms with van der Waals surface area (Å²) in [5.74, 6) is -0.114. The Kier molecular flexibility index (Phi) is 4.96. The molecule has 0 spiro atoms. The zero-order valence-electron chi connectivity index (χ0n) is 13.3. The maximum Gasteiger partial charge on any atom is 0.167 e. The van der Waals surface area contributed by atoms with Gasteiger partial charge in [0.05, 0.1) is 18.0 Å². The van der Waals surface area contributed by atoms with Gasteiger partial charge in [-0.25, -0.2) is 4.39 Å². The van der Waals surface area contributed by atoms with E-state index in [2.05, 4.69) is 19.2 Å². The Morgan fingerprint density at radius 3 is 2.81 bits per heavy atom. The van der Waals surface area contributed by atoms with Crippen LogP contribution in [-0.4, -0.2) is 12.6 Å². The molecule has 1 atom stereocenters. The number of ether oxygens (including phenoxy) is 1. The van der Waals surface area contributed by atoms with Gasteiger partial charge >= 0.3 is 0 Å². The van der Waals surface area contributed by atoms with Gasteiger partial charge in [0.2, 0.25) is 0 Å². The summed E-state index contributed by atoms with van der Waals surface area (Å²) in [7, 11) is 0. The van der Waals surface area contributed by atoms with E-state index >= 15 is 0 Å². The third-order valence-electron chi connectivity index (χ3n) is 4.40. The van der Waals surface area contributed by atoms with Crippen molar-refractivity contribution in [2.75, 3.05) is 17.7 Å². The Hall–Kier alpha value is -1.45. The molecular formula is C17H27FN2O. The van der Waals surface area contributed by atoms with E-state index in [9.17, 15) is 4.39 Å². The normalized spacial score (nSPS) is 21.0. The van der Waals surface area contributed by atoms with Gasteiger partial charge in [0.25, 0.3) is 0 Å². The summed E-state index contributed by atoms with van der Waals surface area (Å²) in [5.41, 5.74) is 7.41. The molecule has 0 heterocycles. The standard InChI is InChI=1S/C17H27FN2O/c1-4-9-21-15-11-14(13(19)10-12(15)18)20-16-7-5-6-8-17(16,2)3/h10-11,16,20H,4-9,19H2,1-3H3. The summed E-state index contributed by atoms with van der Waals surface area (Å²) in [6.45, 7) is 7.06. The van der Waals surface area contributed by atoms with Gasteiger partial charge < -0.3 is 15.8 Å². The van der Waals surface area contributed by atoms with Crippen molar-refractivity contribution in [3.05, 3.63) is 17.9 Å². The lowest BCUT2D eigenvalue weighted by molar-refractivity contribution is 0.217. The molecule has 4 heteroatoms. The summed E-state index contributed by atoms with van der Waals surface area (Å²) in [6, 6.07) is 3.41. The Morgan fingerprint density at radius 1 is 1.38 bits per heavy atom. The van der Waals surface area contributed by atoms with Crippen molar-refractivity contribution >= 4 is 11.4 Å². The van der Waals surface area contributed by atoms with Crippen LogP contribution in [0.15, 0.2) is 12.1 Å². The molecule has 1 aromatic rings. The highest BCUT2D eigenvalue weighted by molar-refractivity contribution is 5.69. The van der Waals surface area contributed by atoms with E-state index in [1.54, 1.807) is 6.07 Å². The third kappa shape index (κ3) is 3.80. The Balaban J connectivity index is 2.18. The van der Waals surface area contributed by atoms with Crippen LogP contribution in [0.1, 0.15) is 52.9 Å². The number of anilines is 2. The highest BCUT2D eigenvalue weighted by atomic mass is 19.1. The molecule has 3 N–H and O–H groups in total. The van der Waals surface area contributed by atoms with Crippen molar-refractivity contribution in [3.63, 3.8) is 0 Å². The first kappa shape index (κ1) is 15.9. The van der Waals surface area contributed by atoms with E-state index in [0.29, 0.717) is 18.3 Å². The minimum Gasteiger partial charge on any atom is -0.490 e. The molecule has 1 unspecified atom stereocenters. The topological polar surface area (TPSA) is 47.3 Å². The van der Waals surface area contributed by atoms with Gasteiger partial charge in [0.15, 0.2) is 11.6 Å². The first-order valence-electron chi connectivity index (χ1n) is 7.92. The van der Waals surface area contributed by atoms with Crippen LogP contribution in [0.25, 0.3) is 0 Å². The quantitative estimate of drug-likeness (QED) is 0.782. The molecule has 2 rings (SSSR count). The summed E-state index contributed by atoms with van der Waals surface area (Å²) in [5, 5.41) is 3.51. The fraction of sp³-hybridized carbons (Fsp3) is 0.647. The average molecular weight is 294 g/mol. The predicted molar refractivity (Wildman–Crippen MR) is 86.3 cm³/mol. The van der Waals surface area contributed by atoms with Gasteiger partial charge in [-0.05, 0) is 24.7 Å². The highest BCUT2D eigenvalue weighted by Gasteiger charge is 2.32. The molecule has 0 aliphatic heterocycles. The zero-order valence-corrected chi connectivity index (χ0v) is 13.3. The van der Waals surface area contributed by atoms with Crippen molar-refractivity contribution in [2.24, 2.45) is 5.41 Å². The fourth-order valence-electron chi connectivity index (χ4n) is 2.97. The highest BCUT2D eigenvalue weighted by Crippen LogP contribution is 2.39. The second-order valence-corrected chi connectivity index (χ2v) is 6.65. The monoisotopic (exact) mass is 294 g/mol. The molecule has 0 amide bonds. The van der Waals surface area contributed by atoms with E-state index in [-0.39, 0.29) is 11.2 Å². The van der Waals surface area contributed by atoms with E-state index in [4.69, 9.17) is 10.5 Å². The van der Waals surface area contributed by atoms with Crippen LogP contribution in [0.4, 0.5) is 15.8 Å². The summed E-state index contributed by atoms with van der Waals surface area (Å²) < 4.78 is 19.3. The molecular weight excluding hydrogens is 267 g/mol. The number of nitrogens with two attached hydrogens (primary N) is 1. The number of rotatable bonds is 5. The molecule has 0 radical (unpaired) electrons. The van der Waals surface area contributed by atoms with Gasteiger partial charge in [-0.1, -0.05) is 33.6 Å². The zero-order chi connectivity index (χ0) is 15.5. The molecule has 1 aliphatic carbocycles. The van der Waals surface area contributed by atoms with Gasteiger partial charge in [0.1, 0.15) is 0 Å². The van der Waals surface area contributed by atoms with Crippen molar-refractivity contribution < 1.29 is 9.13 Å². The Labute approximate surface area is 127 Å². The lowest BCUT2D eigenvalue weighted by Crippen LogP contribution is -2.39. The molecule has 1 saturated carbocycles. The molecule has 1 fully saturated rings. The Morgan fingerprint density at radius 2 is 2.14 bits per heavy atom.